The lowest BCUT2D eigenvalue weighted by atomic mass is 10.1. The van der Waals surface area contributed by atoms with E-state index < -0.39 is 0 Å². The number of hydrogen-bond acceptors (Lipinski definition) is 5. The molecule has 0 bridgehead atoms. The normalized spacial score (nSPS) is 10.4. The lowest BCUT2D eigenvalue weighted by Gasteiger charge is -2.09. The van der Waals surface area contributed by atoms with E-state index in [4.69, 9.17) is 11.6 Å². The first-order chi connectivity index (χ1) is 13.1. The molecule has 0 aliphatic rings. The Morgan fingerprint density at radius 3 is 2.67 bits per heavy atom. The summed E-state index contributed by atoms with van der Waals surface area (Å²) in [6.45, 7) is 2.85. The van der Waals surface area contributed by atoms with Gasteiger partial charge in [-0.15, -0.1) is 0 Å². The van der Waals surface area contributed by atoms with Gasteiger partial charge in [-0.1, -0.05) is 29.8 Å². The SMILES string of the molecule is Cc1nc(NCCc2ccc(Cl)cc2)cc(C(=O)NCc2cccnc2)n1. The number of carbonyl (C=O) groups excluding carboxylic acids is 1. The van der Waals surface area contributed by atoms with Crippen LogP contribution in [0.3, 0.4) is 0 Å². The van der Waals surface area contributed by atoms with Crippen LogP contribution in [0.4, 0.5) is 5.82 Å². The molecule has 0 atom stereocenters. The smallest absolute Gasteiger partial charge is 0.270 e. The summed E-state index contributed by atoms with van der Waals surface area (Å²) < 4.78 is 0. The summed E-state index contributed by atoms with van der Waals surface area (Å²) in [6, 6.07) is 13.1. The van der Waals surface area contributed by atoms with Gasteiger partial charge in [0.2, 0.25) is 0 Å². The van der Waals surface area contributed by atoms with Crippen molar-refractivity contribution < 1.29 is 4.79 Å². The van der Waals surface area contributed by atoms with E-state index in [9.17, 15) is 4.79 Å². The Labute approximate surface area is 163 Å². The molecule has 0 spiro atoms. The van der Waals surface area contributed by atoms with Crippen molar-refractivity contribution in [3.05, 3.63) is 82.5 Å². The molecule has 27 heavy (non-hydrogen) atoms. The van der Waals surface area contributed by atoms with Crippen molar-refractivity contribution in [2.45, 2.75) is 19.9 Å². The second-order valence-corrected chi connectivity index (χ2v) is 6.47. The first kappa shape index (κ1) is 18.8. The minimum atomic E-state index is -0.245. The number of hydrogen-bond donors (Lipinski definition) is 2. The molecular weight excluding hydrogens is 362 g/mol. The molecule has 2 aromatic heterocycles. The summed E-state index contributed by atoms with van der Waals surface area (Å²) in [5.74, 6) is 0.922. The van der Waals surface area contributed by atoms with Crippen LogP contribution < -0.4 is 10.6 Å². The number of carbonyl (C=O) groups is 1. The third-order valence-corrected chi connectivity index (χ3v) is 4.13. The quantitative estimate of drug-likeness (QED) is 0.655. The summed E-state index contributed by atoms with van der Waals surface area (Å²) >= 11 is 5.90. The summed E-state index contributed by atoms with van der Waals surface area (Å²) in [4.78, 5) is 25.0. The van der Waals surface area contributed by atoms with Crippen LogP contribution in [-0.4, -0.2) is 27.4 Å². The largest absolute Gasteiger partial charge is 0.370 e. The van der Waals surface area contributed by atoms with Crippen molar-refractivity contribution >= 4 is 23.3 Å². The number of aromatic nitrogens is 3. The van der Waals surface area contributed by atoms with Gasteiger partial charge in [0.1, 0.15) is 17.3 Å². The molecule has 1 aromatic carbocycles. The Bertz CT molecular complexity index is 900. The van der Waals surface area contributed by atoms with Gasteiger partial charge in [0.05, 0.1) is 0 Å². The average Bonchev–Trinajstić information content (AvgIpc) is 2.68. The second-order valence-electron chi connectivity index (χ2n) is 6.03. The maximum atomic E-state index is 12.4. The molecule has 0 saturated heterocycles. The van der Waals surface area contributed by atoms with E-state index in [-0.39, 0.29) is 5.91 Å². The lowest BCUT2D eigenvalue weighted by Crippen LogP contribution is -2.24. The summed E-state index contributed by atoms with van der Waals surface area (Å²) in [5, 5.41) is 6.81. The van der Waals surface area contributed by atoms with E-state index >= 15 is 0 Å². The highest BCUT2D eigenvalue weighted by atomic mass is 35.5. The van der Waals surface area contributed by atoms with Crippen LogP contribution in [0.2, 0.25) is 5.02 Å². The third kappa shape index (κ3) is 5.76. The number of amides is 1. The molecule has 2 heterocycles. The molecule has 2 N–H and O–H groups in total. The number of anilines is 1. The van der Waals surface area contributed by atoms with Gasteiger partial charge in [0.15, 0.2) is 0 Å². The molecule has 0 unspecified atom stereocenters. The molecule has 0 radical (unpaired) electrons. The van der Waals surface area contributed by atoms with E-state index in [1.165, 1.54) is 5.56 Å². The monoisotopic (exact) mass is 381 g/mol. The van der Waals surface area contributed by atoms with Crippen LogP contribution >= 0.6 is 11.6 Å². The fraction of sp³-hybridized carbons (Fsp3) is 0.200. The van der Waals surface area contributed by atoms with E-state index in [0.29, 0.717) is 30.4 Å². The fourth-order valence-corrected chi connectivity index (χ4v) is 2.66. The number of nitrogens with zero attached hydrogens (tertiary/aromatic N) is 3. The Morgan fingerprint density at radius 1 is 1.11 bits per heavy atom. The number of benzene rings is 1. The van der Waals surface area contributed by atoms with E-state index in [0.717, 1.165) is 17.0 Å². The van der Waals surface area contributed by atoms with Crippen molar-refractivity contribution in [3.63, 3.8) is 0 Å². The van der Waals surface area contributed by atoms with Gasteiger partial charge in [-0.25, -0.2) is 9.97 Å². The Morgan fingerprint density at radius 2 is 1.93 bits per heavy atom. The van der Waals surface area contributed by atoms with Crippen LogP contribution in [-0.2, 0) is 13.0 Å². The van der Waals surface area contributed by atoms with E-state index in [2.05, 4.69) is 25.6 Å². The highest BCUT2D eigenvalue weighted by molar-refractivity contribution is 6.30. The van der Waals surface area contributed by atoms with Crippen LogP contribution in [0, 0.1) is 6.92 Å². The zero-order valence-corrected chi connectivity index (χ0v) is 15.7. The van der Waals surface area contributed by atoms with Crippen molar-refractivity contribution in [1.29, 1.82) is 0 Å². The van der Waals surface area contributed by atoms with Gasteiger partial charge in [0, 0.05) is 36.6 Å². The van der Waals surface area contributed by atoms with Crippen LogP contribution in [0.15, 0.2) is 54.9 Å². The van der Waals surface area contributed by atoms with Gasteiger partial charge in [-0.05, 0) is 42.7 Å². The van der Waals surface area contributed by atoms with Crippen molar-refractivity contribution in [2.24, 2.45) is 0 Å². The third-order valence-electron chi connectivity index (χ3n) is 3.88. The van der Waals surface area contributed by atoms with Gasteiger partial charge < -0.3 is 10.6 Å². The van der Waals surface area contributed by atoms with Crippen LogP contribution in [0.25, 0.3) is 0 Å². The molecular formula is C20H20ClN5O. The first-order valence-electron chi connectivity index (χ1n) is 8.61. The van der Waals surface area contributed by atoms with Crippen molar-refractivity contribution in [3.8, 4) is 0 Å². The second kappa shape index (κ2) is 9.09. The van der Waals surface area contributed by atoms with Gasteiger partial charge >= 0.3 is 0 Å². The maximum Gasteiger partial charge on any atom is 0.270 e. The molecule has 6 nitrogen and oxygen atoms in total. The standard InChI is InChI=1S/C20H20ClN5O/c1-14-25-18(20(27)24-13-16-3-2-9-22-12-16)11-19(26-14)23-10-8-15-4-6-17(21)7-5-15/h2-7,9,11-12H,8,10,13H2,1H3,(H,24,27)(H,23,25,26). The van der Waals surface area contributed by atoms with E-state index in [1.807, 2.05) is 36.4 Å². The van der Waals surface area contributed by atoms with Crippen LogP contribution in [0.1, 0.15) is 27.4 Å². The fourth-order valence-electron chi connectivity index (χ4n) is 2.54. The predicted molar refractivity (Wildman–Crippen MR) is 106 cm³/mol. The molecule has 3 rings (SSSR count). The number of rotatable bonds is 7. The van der Waals surface area contributed by atoms with Gasteiger partial charge in [-0.2, -0.15) is 0 Å². The Kier molecular flexibility index (Phi) is 6.33. The summed E-state index contributed by atoms with van der Waals surface area (Å²) in [7, 11) is 0. The number of pyridine rings is 1. The first-order valence-corrected chi connectivity index (χ1v) is 8.99. The molecule has 3 aromatic rings. The molecule has 0 aliphatic heterocycles. The van der Waals surface area contributed by atoms with Crippen molar-refractivity contribution in [1.82, 2.24) is 20.3 Å². The number of nitrogens with one attached hydrogen (secondary N) is 2. The Balaban J connectivity index is 1.58. The zero-order valence-electron chi connectivity index (χ0n) is 14.9. The molecule has 138 valence electrons. The minimum Gasteiger partial charge on any atom is -0.370 e. The van der Waals surface area contributed by atoms with Gasteiger partial charge in [-0.3, -0.25) is 9.78 Å². The number of aryl methyl sites for hydroxylation is 1. The molecule has 0 aliphatic carbocycles. The molecule has 0 fully saturated rings. The predicted octanol–water partition coefficient (Wildman–Crippen LogP) is 3.42. The highest BCUT2D eigenvalue weighted by Crippen LogP contribution is 2.11. The maximum absolute atomic E-state index is 12.4. The van der Waals surface area contributed by atoms with Crippen molar-refractivity contribution in [2.75, 3.05) is 11.9 Å². The molecule has 7 heteroatoms. The average molecular weight is 382 g/mol. The van der Waals surface area contributed by atoms with Crippen LogP contribution in [0.5, 0.6) is 0 Å². The molecule has 0 saturated carbocycles. The zero-order chi connectivity index (χ0) is 19.1. The summed E-state index contributed by atoms with van der Waals surface area (Å²) in [5.41, 5.74) is 2.44. The minimum absolute atomic E-state index is 0.245. The van der Waals surface area contributed by atoms with E-state index in [1.54, 1.807) is 25.4 Å². The molecule has 1 amide bonds. The Hall–Kier alpha value is -2.99. The summed E-state index contributed by atoms with van der Waals surface area (Å²) in [6.07, 6.45) is 4.24. The number of halogens is 1. The van der Waals surface area contributed by atoms with Gasteiger partial charge in [0.25, 0.3) is 5.91 Å². The lowest BCUT2D eigenvalue weighted by molar-refractivity contribution is 0.0945. The topological polar surface area (TPSA) is 79.8 Å². The highest BCUT2D eigenvalue weighted by Gasteiger charge is 2.10.